The lowest BCUT2D eigenvalue weighted by Crippen LogP contribution is -2.44. The van der Waals surface area contributed by atoms with Crippen molar-refractivity contribution in [3.63, 3.8) is 0 Å². The number of amides is 1. The van der Waals surface area contributed by atoms with Crippen LogP contribution in [0.3, 0.4) is 0 Å². The van der Waals surface area contributed by atoms with Gasteiger partial charge >= 0.3 is 12.1 Å². The summed E-state index contributed by atoms with van der Waals surface area (Å²) < 4.78 is 16.1. The second kappa shape index (κ2) is 9.77. The first kappa shape index (κ1) is 23.8. The molecule has 0 saturated carbocycles. The van der Waals surface area contributed by atoms with E-state index in [0.29, 0.717) is 17.2 Å². The van der Waals surface area contributed by atoms with Gasteiger partial charge in [-0.15, -0.1) is 0 Å². The number of pyridine rings is 1. The number of benzene rings is 2. The van der Waals surface area contributed by atoms with Crippen molar-refractivity contribution >= 4 is 23.0 Å². The average Bonchev–Trinajstić information content (AvgIpc) is 2.76. The molecular formula is C25H28N2O6. The van der Waals surface area contributed by atoms with E-state index in [2.05, 4.69) is 5.32 Å². The molecule has 0 aliphatic rings. The van der Waals surface area contributed by atoms with E-state index in [9.17, 15) is 14.7 Å². The van der Waals surface area contributed by atoms with Crippen molar-refractivity contribution in [2.45, 2.75) is 38.8 Å². The molecule has 0 aliphatic carbocycles. The van der Waals surface area contributed by atoms with Crippen molar-refractivity contribution in [2.24, 2.45) is 0 Å². The molecule has 174 valence electrons. The van der Waals surface area contributed by atoms with Gasteiger partial charge < -0.3 is 24.6 Å². The first-order chi connectivity index (χ1) is 15.6. The molecule has 3 rings (SSSR count). The largest absolute Gasteiger partial charge is 0.496 e. The van der Waals surface area contributed by atoms with Crippen molar-refractivity contribution in [3.8, 4) is 22.8 Å². The predicted octanol–water partition coefficient (Wildman–Crippen LogP) is 4.44. The third kappa shape index (κ3) is 5.91. The minimum absolute atomic E-state index is 0.104. The molecule has 0 fully saturated rings. The summed E-state index contributed by atoms with van der Waals surface area (Å²) in [6.07, 6.45) is -0.667. The molecule has 3 aromatic rings. The van der Waals surface area contributed by atoms with Gasteiger partial charge in [0.1, 0.15) is 23.1 Å². The molecule has 1 amide bonds. The van der Waals surface area contributed by atoms with E-state index in [4.69, 9.17) is 19.2 Å². The van der Waals surface area contributed by atoms with Crippen LogP contribution < -0.4 is 14.8 Å². The van der Waals surface area contributed by atoms with E-state index < -0.39 is 23.7 Å². The topological polar surface area (TPSA) is 107 Å². The summed E-state index contributed by atoms with van der Waals surface area (Å²) in [4.78, 5) is 28.5. The first-order valence-corrected chi connectivity index (χ1v) is 10.4. The monoisotopic (exact) mass is 452 g/mol. The predicted molar refractivity (Wildman–Crippen MR) is 125 cm³/mol. The maximum Gasteiger partial charge on any atom is 0.408 e. The Hall–Kier alpha value is -3.81. The standard InChI is InChI=1S/C25H28N2O6/c1-25(2,3)33-24(30)27-19(23(28)29)14-15-9-11-17-16(13-15)10-12-18(26-17)22-20(31-4)7-6-8-21(22)32-5/h6-13,19H,14H2,1-5H3,(H,27,30)(H,28,29)/t19-/m1/s1. The second-order valence-electron chi connectivity index (χ2n) is 8.50. The fourth-order valence-corrected chi connectivity index (χ4v) is 3.43. The molecule has 1 aromatic heterocycles. The lowest BCUT2D eigenvalue weighted by Gasteiger charge is -2.22. The molecule has 2 N–H and O–H groups in total. The molecule has 33 heavy (non-hydrogen) atoms. The number of carboxylic acids is 1. The highest BCUT2D eigenvalue weighted by molar-refractivity contribution is 5.85. The zero-order valence-corrected chi connectivity index (χ0v) is 19.3. The summed E-state index contributed by atoms with van der Waals surface area (Å²) in [5.41, 5.74) is 2.20. The number of carbonyl (C=O) groups is 2. The van der Waals surface area contributed by atoms with Crippen LogP contribution >= 0.6 is 0 Å². The van der Waals surface area contributed by atoms with Gasteiger partial charge in [-0.25, -0.2) is 14.6 Å². The number of carboxylic acid groups (broad SMARTS) is 1. The van der Waals surface area contributed by atoms with Crippen molar-refractivity contribution in [2.75, 3.05) is 14.2 Å². The van der Waals surface area contributed by atoms with Gasteiger partial charge in [-0.2, -0.15) is 0 Å². The number of hydrogen-bond donors (Lipinski definition) is 2. The summed E-state index contributed by atoms with van der Waals surface area (Å²) in [5, 5.41) is 12.8. The van der Waals surface area contributed by atoms with E-state index in [1.165, 1.54) is 0 Å². The van der Waals surface area contributed by atoms with Crippen LogP contribution in [0.2, 0.25) is 0 Å². The number of fused-ring (bicyclic) bond motifs is 1. The van der Waals surface area contributed by atoms with Crippen molar-refractivity contribution in [3.05, 3.63) is 54.1 Å². The number of aromatic nitrogens is 1. The van der Waals surface area contributed by atoms with E-state index >= 15 is 0 Å². The summed E-state index contributed by atoms with van der Waals surface area (Å²) in [6.45, 7) is 5.15. The number of alkyl carbamates (subject to hydrolysis) is 1. The highest BCUT2D eigenvalue weighted by Crippen LogP contribution is 2.37. The minimum Gasteiger partial charge on any atom is -0.496 e. The highest BCUT2D eigenvalue weighted by atomic mass is 16.6. The van der Waals surface area contributed by atoms with Crippen molar-refractivity contribution in [1.82, 2.24) is 10.3 Å². The Kier molecular flexibility index (Phi) is 7.06. The zero-order valence-electron chi connectivity index (χ0n) is 19.3. The van der Waals surface area contributed by atoms with E-state index in [1.807, 2.05) is 42.5 Å². The number of ether oxygens (including phenoxy) is 3. The number of methoxy groups -OCH3 is 2. The Labute approximate surface area is 192 Å². The Morgan fingerprint density at radius 2 is 1.70 bits per heavy atom. The summed E-state index contributed by atoms with van der Waals surface area (Å²) in [7, 11) is 3.19. The number of rotatable bonds is 7. The van der Waals surface area contributed by atoms with E-state index in [-0.39, 0.29) is 6.42 Å². The van der Waals surface area contributed by atoms with Gasteiger partial charge in [0.2, 0.25) is 0 Å². The smallest absolute Gasteiger partial charge is 0.408 e. The van der Waals surface area contributed by atoms with Crippen LogP contribution in [0.5, 0.6) is 11.5 Å². The summed E-state index contributed by atoms with van der Waals surface area (Å²) in [6, 6.07) is 13.7. The SMILES string of the molecule is COc1cccc(OC)c1-c1ccc2cc(C[C@@H](NC(=O)OC(C)(C)C)C(=O)O)ccc2n1. The Morgan fingerprint density at radius 1 is 1.03 bits per heavy atom. The maximum atomic E-state index is 12.0. The molecule has 0 saturated heterocycles. The Morgan fingerprint density at radius 3 is 2.27 bits per heavy atom. The van der Waals surface area contributed by atoms with Crippen LogP contribution in [-0.4, -0.2) is 48.0 Å². The van der Waals surface area contributed by atoms with Gasteiger partial charge in [0.15, 0.2) is 0 Å². The molecule has 1 atom stereocenters. The average molecular weight is 453 g/mol. The van der Waals surface area contributed by atoms with Gasteiger partial charge in [0.25, 0.3) is 0 Å². The lowest BCUT2D eigenvalue weighted by molar-refractivity contribution is -0.139. The van der Waals surface area contributed by atoms with Gasteiger partial charge in [-0.05, 0) is 56.7 Å². The van der Waals surface area contributed by atoms with Crippen LogP contribution in [0.4, 0.5) is 4.79 Å². The molecule has 8 heteroatoms. The molecule has 0 bridgehead atoms. The van der Waals surface area contributed by atoms with Crippen LogP contribution in [0.15, 0.2) is 48.5 Å². The number of carbonyl (C=O) groups excluding carboxylic acids is 1. The van der Waals surface area contributed by atoms with Gasteiger partial charge in [0.05, 0.1) is 31.0 Å². The van der Waals surface area contributed by atoms with E-state index in [1.54, 1.807) is 41.1 Å². The molecule has 0 spiro atoms. The number of hydrogen-bond acceptors (Lipinski definition) is 6. The second-order valence-corrected chi connectivity index (χ2v) is 8.50. The van der Waals surface area contributed by atoms with Gasteiger partial charge in [-0.1, -0.05) is 18.2 Å². The van der Waals surface area contributed by atoms with Crippen LogP contribution in [0, 0.1) is 0 Å². The molecular weight excluding hydrogens is 424 g/mol. The first-order valence-electron chi connectivity index (χ1n) is 10.4. The molecule has 0 radical (unpaired) electrons. The van der Waals surface area contributed by atoms with Crippen molar-refractivity contribution < 1.29 is 28.9 Å². The van der Waals surface area contributed by atoms with Crippen LogP contribution in [0.25, 0.3) is 22.2 Å². The normalized spacial score (nSPS) is 12.2. The van der Waals surface area contributed by atoms with Crippen molar-refractivity contribution in [1.29, 1.82) is 0 Å². The maximum absolute atomic E-state index is 12.0. The Bertz CT molecular complexity index is 1150. The summed E-state index contributed by atoms with van der Waals surface area (Å²) in [5.74, 6) is 0.156. The van der Waals surface area contributed by atoms with Crippen LogP contribution in [0.1, 0.15) is 26.3 Å². The quantitative estimate of drug-likeness (QED) is 0.546. The highest BCUT2D eigenvalue weighted by Gasteiger charge is 2.24. The third-order valence-corrected chi connectivity index (χ3v) is 4.87. The van der Waals surface area contributed by atoms with E-state index in [0.717, 1.165) is 22.0 Å². The Balaban J connectivity index is 1.87. The number of aliphatic carboxylic acids is 1. The fraction of sp³-hybridized carbons (Fsp3) is 0.320. The zero-order chi connectivity index (χ0) is 24.2. The van der Waals surface area contributed by atoms with Crippen LogP contribution in [-0.2, 0) is 16.0 Å². The molecule has 0 unspecified atom stereocenters. The number of nitrogens with one attached hydrogen (secondary N) is 1. The third-order valence-electron chi connectivity index (χ3n) is 4.87. The van der Waals surface area contributed by atoms with Gasteiger partial charge in [-0.3, -0.25) is 0 Å². The molecule has 2 aromatic carbocycles. The fourth-order valence-electron chi connectivity index (χ4n) is 3.43. The summed E-state index contributed by atoms with van der Waals surface area (Å²) >= 11 is 0. The molecule has 1 heterocycles. The lowest BCUT2D eigenvalue weighted by atomic mass is 10.0. The molecule has 8 nitrogen and oxygen atoms in total. The number of nitrogens with zero attached hydrogens (tertiary/aromatic N) is 1. The minimum atomic E-state index is -1.14. The molecule has 0 aliphatic heterocycles. The van der Waals surface area contributed by atoms with Gasteiger partial charge in [0, 0.05) is 11.8 Å².